The van der Waals surface area contributed by atoms with Crippen LogP contribution in [0.2, 0.25) is 0 Å². The standard InChI is InChI=1S/Ca.Co.Cu.Mn.Ni.2H. The average Bonchev–Trinajstić information content (AvgIpc) is 0. The van der Waals surface area contributed by atoms with E-state index in [1.807, 2.05) is 0 Å². The topological polar surface area (TPSA) is 0 Å². The Kier molecular flexibility index (Phi) is 216. The van der Waals surface area contributed by atoms with Crippen LogP contribution in [0.5, 0.6) is 0 Å². The normalized spacial score (nSPS) is 0. The zero-order chi connectivity index (χ0) is 0. The fourth-order valence-electron chi connectivity index (χ4n) is 0. The molecular weight excluding hydrogens is 276 g/mol. The molecule has 0 N–H and O–H groups in total. The van der Waals surface area contributed by atoms with Crippen LogP contribution < -0.4 is 0 Å². The Morgan fingerprint density at radius 1 is 1.00 bits per heavy atom. The zero-order valence-electron chi connectivity index (χ0n) is 1.33. The molecule has 0 aliphatic carbocycles. The van der Waals surface area contributed by atoms with Gasteiger partial charge < -0.3 is 0 Å². The van der Waals surface area contributed by atoms with Gasteiger partial charge in [0.15, 0.2) is 0 Å². The summed E-state index contributed by atoms with van der Waals surface area (Å²) in [4.78, 5) is 0. The monoisotopic (exact) mass is 277 g/mol. The number of hydrogen-bond acceptors (Lipinski definition) is 0. The van der Waals surface area contributed by atoms with E-state index in [0.717, 1.165) is 0 Å². The van der Waals surface area contributed by atoms with Gasteiger partial charge in [0.2, 0.25) is 0 Å². The molecule has 5 heteroatoms. The molecule has 3 radical (unpaired) electrons. The second-order valence-corrected chi connectivity index (χ2v) is 0. The van der Waals surface area contributed by atoms with Gasteiger partial charge in [0, 0.05) is 67.4 Å². The number of rotatable bonds is 0. The van der Waals surface area contributed by atoms with Crippen LogP contribution in [-0.4, -0.2) is 37.7 Å². The average molecular weight is 278 g/mol. The maximum absolute atomic E-state index is 0. The summed E-state index contributed by atoms with van der Waals surface area (Å²) < 4.78 is 0. The molecule has 0 rings (SSSR count). The summed E-state index contributed by atoms with van der Waals surface area (Å²) in [6.07, 6.45) is 0. The molecule has 0 spiro atoms. The Bertz CT molecular complexity index is 11.6. The van der Waals surface area contributed by atoms with Gasteiger partial charge in [0.25, 0.3) is 0 Å². The van der Waals surface area contributed by atoms with Crippen molar-refractivity contribution in [3.05, 3.63) is 0 Å². The van der Waals surface area contributed by atoms with E-state index in [9.17, 15) is 0 Å². The van der Waals surface area contributed by atoms with Crippen LogP contribution in [-0.2, 0) is 67.4 Å². The summed E-state index contributed by atoms with van der Waals surface area (Å²) in [5.74, 6) is 0. The third-order valence-electron chi connectivity index (χ3n) is 0. The van der Waals surface area contributed by atoms with Crippen LogP contribution in [0.15, 0.2) is 0 Å². The van der Waals surface area contributed by atoms with E-state index >= 15 is 0 Å². The van der Waals surface area contributed by atoms with Crippen molar-refractivity contribution < 1.29 is 67.4 Å². The molecule has 0 aliphatic rings. The van der Waals surface area contributed by atoms with Crippen LogP contribution in [0.25, 0.3) is 0 Å². The van der Waals surface area contributed by atoms with Crippen molar-refractivity contribution in [1.29, 1.82) is 0 Å². The van der Waals surface area contributed by atoms with E-state index in [1.54, 1.807) is 0 Å². The predicted molar refractivity (Wildman–Crippen MR) is 8.54 cm³/mol. The molecule has 0 aromatic carbocycles. The van der Waals surface area contributed by atoms with E-state index in [4.69, 9.17) is 0 Å². The summed E-state index contributed by atoms with van der Waals surface area (Å²) >= 11 is 0. The van der Waals surface area contributed by atoms with Crippen LogP contribution in [0.1, 0.15) is 0 Å². The maximum atomic E-state index is 0. The third kappa shape index (κ3) is 18.8. The van der Waals surface area contributed by atoms with E-state index in [0.29, 0.717) is 0 Å². The predicted octanol–water partition coefficient (Wildman–Crippen LogP) is -0.926. The van der Waals surface area contributed by atoms with Gasteiger partial charge in [-0.1, -0.05) is 0 Å². The molecule has 0 amide bonds. The van der Waals surface area contributed by atoms with Crippen molar-refractivity contribution in [2.24, 2.45) is 0 Å². The van der Waals surface area contributed by atoms with Crippen molar-refractivity contribution in [3.8, 4) is 0 Å². The smallest absolute Gasteiger partial charge is 0 e. The van der Waals surface area contributed by atoms with Crippen molar-refractivity contribution in [2.45, 2.75) is 0 Å². The molecule has 0 fully saturated rings. The van der Waals surface area contributed by atoms with Gasteiger partial charge in [-0.25, -0.2) is 0 Å². The molecular formula is H2CaCoCuMnNi. The second kappa shape index (κ2) is 26.6. The van der Waals surface area contributed by atoms with E-state index < -0.39 is 0 Å². The Morgan fingerprint density at radius 3 is 1.00 bits per heavy atom. The summed E-state index contributed by atoms with van der Waals surface area (Å²) in [5, 5.41) is 0. The molecule has 0 saturated carbocycles. The van der Waals surface area contributed by atoms with Crippen molar-refractivity contribution >= 4 is 37.7 Å². The number of hydrogen-bond donors (Lipinski definition) is 0. The van der Waals surface area contributed by atoms with Crippen molar-refractivity contribution in [1.82, 2.24) is 0 Å². The second-order valence-electron chi connectivity index (χ2n) is 0. The molecule has 5 heavy (non-hydrogen) atoms. The zero-order valence-corrected chi connectivity index (χ0v) is 5.48. The molecule has 0 unspecified atom stereocenters. The first kappa shape index (κ1) is 40.6. The fraction of sp³-hybridized carbons (Fsp3) is 0. The maximum Gasteiger partial charge on any atom is 0 e. The van der Waals surface area contributed by atoms with E-state index in [2.05, 4.69) is 0 Å². The largest absolute Gasteiger partial charge is 0 e. The first-order valence-electron chi connectivity index (χ1n) is 0. The van der Waals surface area contributed by atoms with E-state index in [-0.39, 0.29) is 105 Å². The molecule has 0 bridgehead atoms. The van der Waals surface area contributed by atoms with Crippen LogP contribution in [0.3, 0.4) is 0 Å². The summed E-state index contributed by atoms with van der Waals surface area (Å²) in [5.41, 5.74) is 0. The van der Waals surface area contributed by atoms with Gasteiger partial charge in [-0.05, 0) is 0 Å². The fourth-order valence-corrected chi connectivity index (χ4v) is 0. The minimum Gasteiger partial charge on any atom is 0 e. The molecule has 0 aromatic heterocycles. The molecule has 0 aromatic rings. The van der Waals surface area contributed by atoms with Gasteiger partial charge in [-0.2, -0.15) is 0 Å². The van der Waals surface area contributed by atoms with Gasteiger partial charge in [0.1, 0.15) is 0 Å². The molecule has 0 saturated heterocycles. The molecule has 0 heterocycles. The molecule has 0 nitrogen and oxygen atoms in total. The van der Waals surface area contributed by atoms with Crippen molar-refractivity contribution in [2.75, 3.05) is 0 Å². The quantitative estimate of drug-likeness (QED) is 0.503. The minimum atomic E-state index is 0. The Balaban J connectivity index is 0. The van der Waals surface area contributed by atoms with Gasteiger partial charge in [-0.3, -0.25) is 0 Å². The van der Waals surface area contributed by atoms with E-state index in [1.165, 1.54) is 0 Å². The summed E-state index contributed by atoms with van der Waals surface area (Å²) in [7, 11) is 0. The van der Waals surface area contributed by atoms with Gasteiger partial charge in [-0.15, -0.1) is 0 Å². The minimum absolute atomic E-state index is 0. The van der Waals surface area contributed by atoms with Crippen LogP contribution >= 0.6 is 0 Å². The third-order valence-corrected chi connectivity index (χ3v) is 0. The SMILES string of the molecule is [CaH2].[Co].[Cu].[Mn].[Ni]. The first-order chi connectivity index (χ1) is 0. The van der Waals surface area contributed by atoms with Crippen LogP contribution in [0.4, 0.5) is 0 Å². The summed E-state index contributed by atoms with van der Waals surface area (Å²) in [6, 6.07) is 0. The van der Waals surface area contributed by atoms with Gasteiger partial charge in [0.05, 0.1) is 0 Å². The Hall–Kier alpha value is 3.30. The summed E-state index contributed by atoms with van der Waals surface area (Å²) in [6.45, 7) is 0. The Labute approximate surface area is 103 Å². The molecule has 0 aliphatic heterocycles. The molecule has 41 valence electrons. The van der Waals surface area contributed by atoms with Crippen LogP contribution in [0, 0.1) is 0 Å². The Morgan fingerprint density at radius 2 is 1.00 bits per heavy atom. The van der Waals surface area contributed by atoms with Gasteiger partial charge >= 0.3 is 37.7 Å². The molecule has 0 atom stereocenters. The van der Waals surface area contributed by atoms with Crippen molar-refractivity contribution in [3.63, 3.8) is 0 Å². The first-order valence-corrected chi connectivity index (χ1v) is 0.